The van der Waals surface area contributed by atoms with Gasteiger partial charge in [-0.15, -0.1) is 0 Å². The lowest BCUT2D eigenvalue weighted by molar-refractivity contribution is -0.122. The molecule has 2 bridgehead atoms. The Bertz CT molecular complexity index is 542. The molecule has 0 aliphatic carbocycles. The quantitative estimate of drug-likeness (QED) is 0.547. The van der Waals surface area contributed by atoms with Crippen LogP contribution in [0.25, 0.3) is 0 Å². The van der Waals surface area contributed by atoms with Gasteiger partial charge in [0.05, 0.1) is 7.11 Å². The number of nitrogens with zero attached hydrogens (tertiary/aromatic N) is 1. The van der Waals surface area contributed by atoms with Crippen molar-refractivity contribution in [3.63, 3.8) is 0 Å². The number of carbonyl (C=O) groups excluding carboxylic acids is 1. The Morgan fingerprint density at radius 1 is 1.35 bits per heavy atom. The molecule has 4 rings (SSSR count). The van der Waals surface area contributed by atoms with Crippen molar-refractivity contribution in [1.82, 2.24) is 15.5 Å². The van der Waals surface area contributed by atoms with Gasteiger partial charge in [-0.3, -0.25) is 4.79 Å². The van der Waals surface area contributed by atoms with Gasteiger partial charge in [-0.25, -0.2) is 4.79 Å². The van der Waals surface area contributed by atoms with Crippen molar-refractivity contribution in [2.75, 3.05) is 33.3 Å². The third-order valence-corrected chi connectivity index (χ3v) is 4.90. The Kier molecular flexibility index (Phi) is 8.21. The Balaban J connectivity index is 0.000000758. The number of fused-ring (bicyclic) bond motifs is 4. The summed E-state index contributed by atoms with van der Waals surface area (Å²) >= 11 is 0. The SMILES string of the molecule is COc1ccc(CCCNC(=O)N2C[C@H]3CC[C@@H](C2)NC3)cc1.O=CO. The van der Waals surface area contributed by atoms with E-state index in [2.05, 4.69) is 22.8 Å². The molecule has 3 saturated heterocycles. The number of nitrogens with one attached hydrogen (secondary N) is 2. The van der Waals surface area contributed by atoms with Crippen molar-refractivity contribution < 1.29 is 19.4 Å². The number of ether oxygens (including phenoxy) is 1. The number of urea groups is 1. The summed E-state index contributed by atoms with van der Waals surface area (Å²) in [6.45, 7) is 3.28. The van der Waals surface area contributed by atoms with Crippen LogP contribution in [-0.4, -0.2) is 61.8 Å². The van der Waals surface area contributed by atoms with E-state index in [1.165, 1.54) is 18.4 Å². The normalized spacial score (nSPS) is 21.2. The highest BCUT2D eigenvalue weighted by atomic mass is 16.5. The molecule has 3 aliphatic heterocycles. The number of hydrogen-bond donors (Lipinski definition) is 3. The molecule has 7 heteroatoms. The van der Waals surface area contributed by atoms with Crippen molar-refractivity contribution in [2.45, 2.75) is 31.7 Å². The molecule has 3 aliphatic rings. The van der Waals surface area contributed by atoms with Crippen molar-refractivity contribution in [3.05, 3.63) is 29.8 Å². The van der Waals surface area contributed by atoms with Gasteiger partial charge < -0.3 is 25.4 Å². The summed E-state index contributed by atoms with van der Waals surface area (Å²) in [7, 11) is 1.68. The van der Waals surface area contributed by atoms with E-state index in [1.54, 1.807) is 7.11 Å². The number of amides is 2. The standard InChI is InChI=1S/C18H27N3O2.CH2O2/c1-23-17-8-5-14(6-9-17)3-2-10-19-18(22)21-12-15-4-7-16(13-21)20-11-15;2-1-3/h5-6,8-9,15-16,20H,2-4,7,10-13H2,1H3,(H,19,22);1H,(H,2,3)/t15-,16-;/m0./s1. The van der Waals surface area contributed by atoms with E-state index in [0.717, 1.165) is 44.8 Å². The van der Waals surface area contributed by atoms with Gasteiger partial charge in [0.2, 0.25) is 0 Å². The first-order chi connectivity index (χ1) is 12.7. The molecule has 1 aromatic carbocycles. The average Bonchev–Trinajstić information content (AvgIpc) is 3.00. The molecule has 2 atom stereocenters. The van der Waals surface area contributed by atoms with Gasteiger partial charge in [0, 0.05) is 25.7 Å². The van der Waals surface area contributed by atoms with Crippen LogP contribution in [0.3, 0.4) is 0 Å². The zero-order valence-corrected chi connectivity index (χ0v) is 15.3. The van der Waals surface area contributed by atoms with Gasteiger partial charge in [-0.05, 0) is 55.8 Å². The highest BCUT2D eigenvalue weighted by molar-refractivity contribution is 5.74. The molecule has 0 radical (unpaired) electrons. The maximum atomic E-state index is 12.3. The average molecular weight is 363 g/mol. The zero-order valence-electron chi connectivity index (χ0n) is 15.3. The number of carbonyl (C=O) groups is 2. The summed E-state index contributed by atoms with van der Waals surface area (Å²) in [6, 6.07) is 8.71. The largest absolute Gasteiger partial charge is 0.497 e. The molecule has 2 amide bonds. The molecular weight excluding hydrogens is 334 g/mol. The fourth-order valence-corrected chi connectivity index (χ4v) is 3.50. The van der Waals surface area contributed by atoms with Crippen LogP contribution < -0.4 is 15.4 Å². The van der Waals surface area contributed by atoms with Gasteiger partial charge in [0.25, 0.3) is 6.47 Å². The molecule has 144 valence electrons. The topological polar surface area (TPSA) is 90.9 Å². The minimum Gasteiger partial charge on any atom is -0.497 e. The number of hydrogen-bond acceptors (Lipinski definition) is 4. The van der Waals surface area contributed by atoms with Crippen molar-refractivity contribution >= 4 is 12.5 Å². The Hall–Kier alpha value is -2.28. The Morgan fingerprint density at radius 2 is 2.08 bits per heavy atom. The van der Waals surface area contributed by atoms with Crippen LogP contribution in [-0.2, 0) is 11.2 Å². The fourth-order valence-electron chi connectivity index (χ4n) is 3.50. The molecule has 0 unspecified atom stereocenters. The lowest BCUT2D eigenvalue weighted by Gasteiger charge is -2.23. The molecular formula is C19H29N3O4. The van der Waals surface area contributed by atoms with Crippen LogP contribution in [0.1, 0.15) is 24.8 Å². The highest BCUT2D eigenvalue weighted by Gasteiger charge is 2.30. The van der Waals surface area contributed by atoms with E-state index >= 15 is 0 Å². The summed E-state index contributed by atoms with van der Waals surface area (Å²) < 4.78 is 5.16. The summed E-state index contributed by atoms with van der Waals surface area (Å²) in [5.41, 5.74) is 1.28. The van der Waals surface area contributed by atoms with E-state index in [4.69, 9.17) is 14.6 Å². The van der Waals surface area contributed by atoms with Crippen molar-refractivity contribution in [2.24, 2.45) is 5.92 Å². The fraction of sp³-hybridized carbons (Fsp3) is 0.579. The van der Waals surface area contributed by atoms with Gasteiger partial charge in [0.15, 0.2) is 0 Å². The van der Waals surface area contributed by atoms with E-state index < -0.39 is 0 Å². The minimum atomic E-state index is -0.250. The maximum Gasteiger partial charge on any atom is 0.317 e. The number of rotatable bonds is 5. The Morgan fingerprint density at radius 3 is 2.69 bits per heavy atom. The number of piperidine rings is 1. The molecule has 1 aromatic rings. The Labute approximate surface area is 154 Å². The number of methoxy groups -OCH3 is 1. The molecule has 0 aromatic heterocycles. The van der Waals surface area contributed by atoms with E-state index in [0.29, 0.717) is 12.0 Å². The predicted octanol–water partition coefficient (Wildman–Crippen LogP) is 1.72. The third kappa shape index (κ3) is 6.22. The molecule has 3 heterocycles. The van der Waals surface area contributed by atoms with Gasteiger partial charge in [0.1, 0.15) is 5.75 Å². The van der Waals surface area contributed by atoms with Gasteiger partial charge in [-0.1, -0.05) is 12.1 Å². The second kappa shape index (κ2) is 10.7. The predicted molar refractivity (Wildman–Crippen MR) is 99.5 cm³/mol. The first-order valence-electron chi connectivity index (χ1n) is 9.13. The highest BCUT2D eigenvalue weighted by Crippen LogP contribution is 2.21. The number of aryl methyl sites for hydroxylation is 1. The van der Waals surface area contributed by atoms with Crippen LogP contribution in [0, 0.1) is 5.92 Å². The molecule has 26 heavy (non-hydrogen) atoms. The smallest absolute Gasteiger partial charge is 0.317 e. The summed E-state index contributed by atoms with van der Waals surface area (Å²) in [5, 5.41) is 13.5. The van der Waals surface area contributed by atoms with Crippen molar-refractivity contribution in [3.8, 4) is 5.75 Å². The molecule has 0 spiro atoms. The molecule has 0 saturated carbocycles. The van der Waals surface area contributed by atoms with Crippen molar-refractivity contribution in [1.29, 1.82) is 0 Å². The molecule has 3 N–H and O–H groups in total. The first kappa shape index (κ1) is 20.0. The number of benzene rings is 1. The number of carboxylic acid groups (broad SMARTS) is 1. The molecule has 7 nitrogen and oxygen atoms in total. The minimum absolute atomic E-state index is 0.0975. The monoisotopic (exact) mass is 363 g/mol. The molecule has 3 fully saturated rings. The van der Waals surface area contributed by atoms with E-state index in [1.807, 2.05) is 17.0 Å². The van der Waals surface area contributed by atoms with E-state index in [-0.39, 0.29) is 12.5 Å². The lowest BCUT2D eigenvalue weighted by Crippen LogP contribution is -2.44. The van der Waals surface area contributed by atoms with Crippen LogP contribution in [0.2, 0.25) is 0 Å². The third-order valence-electron chi connectivity index (χ3n) is 4.90. The van der Waals surface area contributed by atoms with Crippen LogP contribution >= 0.6 is 0 Å². The van der Waals surface area contributed by atoms with Crippen LogP contribution in [0.5, 0.6) is 5.75 Å². The van der Waals surface area contributed by atoms with Gasteiger partial charge in [-0.2, -0.15) is 0 Å². The van der Waals surface area contributed by atoms with Gasteiger partial charge >= 0.3 is 6.03 Å². The zero-order chi connectivity index (χ0) is 18.8. The van der Waals surface area contributed by atoms with E-state index in [9.17, 15) is 4.79 Å². The van der Waals surface area contributed by atoms with Crippen LogP contribution in [0.4, 0.5) is 4.79 Å². The summed E-state index contributed by atoms with van der Waals surface area (Å²) in [4.78, 5) is 22.7. The lowest BCUT2D eigenvalue weighted by atomic mass is 9.97. The summed E-state index contributed by atoms with van der Waals surface area (Å²) in [6.07, 6.45) is 4.37. The first-order valence-corrected chi connectivity index (χ1v) is 9.13. The second-order valence-electron chi connectivity index (χ2n) is 6.74. The summed E-state index contributed by atoms with van der Waals surface area (Å²) in [5.74, 6) is 1.50. The van der Waals surface area contributed by atoms with Crippen LogP contribution in [0.15, 0.2) is 24.3 Å². The maximum absolute atomic E-state index is 12.3. The second-order valence-corrected chi connectivity index (χ2v) is 6.74.